The molecule has 1 N–H and O–H groups in total. The Balaban J connectivity index is 1.81. The summed E-state index contributed by atoms with van der Waals surface area (Å²) in [7, 11) is 0. The highest BCUT2D eigenvalue weighted by molar-refractivity contribution is 9.11. The van der Waals surface area contributed by atoms with E-state index in [-0.39, 0.29) is 0 Å². The van der Waals surface area contributed by atoms with Crippen LogP contribution < -0.4 is 5.32 Å². The van der Waals surface area contributed by atoms with E-state index >= 15 is 0 Å². The van der Waals surface area contributed by atoms with E-state index in [9.17, 15) is 0 Å². The van der Waals surface area contributed by atoms with Crippen LogP contribution in [0, 0.1) is 0 Å². The minimum Gasteiger partial charge on any atom is -0.306 e. The average Bonchev–Trinajstić information content (AvgIpc) is 2.85. The molecular weight excluding hydrogens is 342 g/mol. The van der Waals surface area contributed by atoms with E-state index < -0.39 is 0 Å². The molecule has 1 nitrogen and oxygen atoms in total. The summed E-state index contributed by atoms with van der Waals surface area (Å²) < 4.78 is 1.20. The van der Waals surface area contributed by atoms with Crippen LogP contribution in [0.3, 0.4) is 0 Å². The van der Waals surface area contributed by atoms with Gasteiger partial charge >= 0.3 is 0 Å². The fourth-order valence-corrected chi connectivity index (χ4v) is 4.10. The Labute approximate surface area is 139 Å². The number of thiophene rings is 1. The van der Waals surface area contributed by atoms with E-state index in [1.807, 2.05) is 0 Å². The topological polar surface area (TPSA) is 12.0 Å². The summed E-state index contributed by atoms with van der Waals surface area (Å²) in [5.74, 6) is 0.816. The predicted octanol–water partition coefficient (Wildman–Crippen LogP) is 5.87. The highest BCUT2D eigenvalue weighted by Crippen LogP contribution is 2.37. The Morgan fingerprint density at radius 3 is 2.52 bits per heavy atom. The molecule has 2 aromatic rings. The van der Waals surface area contributed by atoms with Gasteiger partial charge in [0.05, 0.1) is 9.83 Å². The quantitative estimate of drug-likeness (QED) is 0.676. The largest absolute Gasteiger partial charge is 0.306 e. The molecule has 1 aromatic heterocycles. The van der Waals surface area contributed by atoms with Crippen molar-refractivity contribution in [2.24, 2.45) is 0 Å². The van der Waals surface area contributed by atoms with Crippen molar-refractivity contribution in [2.75, 3.05) is 6.54 Å². The van der Waals surface area contributed by atoms with Crippen molar-refractivity contribution < 1.29 is 0 Å². The first kappa shape index (κ1) is 15.3. The zero-order chi connectivity index (χ0) is 14.7. The van der Waals surface area contributed by atoms with Gasteiger partial charge in [0.15, 0.2) is 0 Å². The molecule has 21 heavy (non-hydrogen) atoms. The van der Waals surface area contributed by atoms with Gasteiger partial charge in [-0.15, -0.1) is 11.3 Å². The molecule has 0 bridgehead atoms. The minimum atomic E-state index is 0.308. The maximum atomic E-state index is 3.68. The van der Waals surface area contributed by atoms with Crippen molar-refractivity contribution in [2.45, 2.75) is 44.6 Å². The summed E-state index contributed by atoms with van der Waals surface area (Å²) >= 11 is 5.34. The highest BCUT2D eigenvalue weighted by atomic mass is 79.9. The van der Waals surface area contributed by atoms with Crippen LogP contribution in [0.25, 0.3) is 0 Å². The Morgan fingerprint density at radius 1 is 1.24 bits per heavy atom. The van der Waals surface area contributed by atoms with Gasteiger partial charge in [-0.3, -0.25) is 0 Å². The molecule has 0 spiro atoms. The Morgan fingerprint density at radius 2 is 2.00 bits per heavy atom. The fourth-order valence-electron chi connectivity index (χ4n) is 2.89. The summed E-state index contributed by atoms with van der Waals surface area (Å²) in [5.41, 5.74) is 4.25. The van der Waals surface area contributed by atoms with Crippen molar-refractivity contribution in [3.05, 3.63) is 56.2 Å². The lowest BCUT2D eigenvalue weighted by atomic mass is 9.79. The average molecular weight is 364 g/mol. The molecule has 1 heterocycles. The first-order valence-corrected chi connectivity index (χ1v) is 9.52. The van der Waals surface area contributed by atoms with Gasteiger partial charge in [-0.2, -0.15) is 0 Å². The number of hydrogen-bond acceptors (Lipinski definition) is 2. The van der Waals surface area contributed by atoms with Crippen LogP contribution in [-0.2, 0) is 0 Å². The van der Waals surface area contributed by atoms with Crippen LogP contribution >= 0.6 is 27.3 Å². The minimum absolute atomic E-state index is 0.308. The van der Waals surface area contributed by atoms with E-state index in [1.54, 1.807) is 11.3 Å². The Kier molecular flexibility index (Phi) is 5.15. The third-order valence-corrected chi connectivity index (χ3v) is 5.89. The number of halogens is 1. The van der Waals surface area contributed by atoms with E-state index in [2.05, 4.69) is 63.9 Å². The molecule has 1 unspecified atom stereocenters. The van der Waals surface area contributed by atoms with Gasteiger partial charge in [0, 0.05) is 0 Å². The molecule has 1 fully saturated rings. The second-order valence-corrected chi connectivity index (χ2v) is 8.16. The van der Waals surface area contributed by atoms with Gasteiger partial charge in [0.25, 0.3) is 0 Å². The molecule has 1 atom stereocenters. The van der Waals surface area contributed by atoms with Gasteiger partial charge in [-0.25, -0.2) is 0 Å². The molecule has 1 aromatic carbocycles. The van der Waals surface area contributed by atoms with E-state index in [0.29, 0.717) is 6.04 Å². The van der Waals surface area contributed by atoms with Crippen LogP contribution in [-0.4, -0.2) is 6.54 Å². The molecular formula is C18H22BrNS. The molecule has 0 amide bonds. The predicted molar refractivity (Wildman–Crippen MR) is 95.2 cm³/mol. The summed E-state index contributed by atoms with van der Waals surface area (Å²) in [5, 5.41) is 5.93. The van der Waals surface area contributed by atoms with Crippen LogP contribution in [0.1, 0.15) is 61.3 Å². The SMILES string of the molecule is CCCNC(c1ccc(C2CCC2)cc1)c1csc(Br)c1. The number of hydrogen-bond donors (Lipinski definition) is 1. The molecule has 1 aliphatic rings. The van der Waals surface area contributed by atoms with Crippen molar-refractivity contribution >= 4 is 27.3 Å². The zero-order valence-electron chi connectivity index (χ0n) is 12.4. The van der Waals surface area contributed by atoms with Crippen molar-refractivity contribution in [3.8, 4) is 0 Å². The molecule has 0 saturated heterocycles. The van der Waals surface area contributed by atoms with Gasteiger partial charge in [0.2, 0.25) is 0 Å². The molecule has 0 aliphatic heterocycles. The monoisotopic (exact) mass is 363 g/mol. The summed E-state index contributed by atoms with van der Waals surface area (Å²) in [4.78, 5) is 0. The molecule has 1 saturated carbocycles. The standard InChI is InChI=1S/C18H22BrNS/c1-2-10-20-18(16-11-17(19)21-12-16)15-8-6-14(7-9-15)13-4-3-5-13/h6-9,11-13,18,20H,2-5,10H2,1H3. The van der Waals surface area contributed by atoms with Gasteiger partial charge < -0.3 is 5.32 Å². The van der Waals surface area contributed by atoms with Crippen molar-refractivity contribution in [1.29, 1.82) is 0 Å². The van der Waals surface area contributed by atoms with E-state index in [4.69, 9.17) is 0 Å². The fraction of sp³-hybridized carbons (Fsp3) is 0.444. The molecule has 0 radical (unpaired) electrons. The van der Waals surface area contributed by atoms with Gasteiger partial charge in [-0.1, -0.05) is 37.6 Å². The third kappa shape index (κ3) is 3.58. The van der Waals surface area contributed by atoms with E-state index in [1.165, 1.54) is 39.7 Å². The van der Waals surface area contributed by atoms with Crippen molar-refractivity contribution in [3.63, 3.8) is 0 Å². The van der Waals surface area contributed by atoms with Gasteiger partial charge in [0.1, 0.15) is 0 Å². The maximum absolute atomic E-state index is 3.68. The first-order valence-electron chi connectivity index (χ1n) is 7.85. The Bertz CT molecular complexity index is 571. The van der Waals surface area contributed by atoms with Crippen LogP contribution in [0.15, 0.2) is 39.5 Å². The Hall–Kier alpha value is -0.640. The summed E-state index contributed by atoms with van der Waals surface area (Å²) in [6.07, 6.45) is 5.29. The smallest absolute Gasteiger partial charge is 0.0701 e. The third-order valence-electron chi connectivity index (χ3n) is 4.37. The lowest BCUT2D eigenvalue weighted by Gasteiger charge is -2.26. The van der Waals surface area contributed by atoms with Crippen LogP contribution in [0.5, 0.6) is 0 Å². The molecule has 3 rings (SSSR count). The maximum Gasteiger partial charge on any atom is 0.0701 e. The highest BCUT2D eigenvalue weighted by Gasteiger charge is 2.20. The van der Waals surface area contributed by atoms with Crippen LogP contribution in [0.2, 0.25) is 0 Å². The lowest BCUT2D eigenvalue weighted by Crippen LogP contribution is -2.22. The molecule has 112 valence electrons. The van der Waals surface area contributed by atoms with Gasteiger partial charge in [-0.05, 0) is 75.8 Å². The van der Waals surface area contributed by atoms with Crippen molar-refractivity contribution in [1.82, 2.24) is 5.32 Å². The molecule has 3 heteroatoms. The van der Waals surface area contributed by atoms with Crippen LogP contribution in [0.4, 0.5) is 0 Å². The zero-order valence-corrected chi connectivity index (χ0v) is 14.8. The number of benzene rings is 1. The lowest BCUT2D eigenvalue weighted by molar-refractivity contribution is 0.419. The van der Waals surface area contributed by atoms with E-state index in [0.717, 1.165) is 18.9 Å². The summed E-state index contributed by atoms with van der Waals surface area (Å²) in [6.45, 7) is 3.26. The number of rotatable bonds is 6. The number of nitrogens with one attached hydrogen (secondary N) is 1. The second kappa shape index (κ2) is 7.08. The first-order chi connectivity index (χ1) is 10.3. The summed E-state index contributed by atoms with van der Waals surface area (Å²) in [6, 6.07) is 11.8. The normalized spacial score (nSPS) is 16.7. The molecule has 1 aliphatic carbocycles. The second-order valence-electron chi connectivity index (χ2n) is 5.87.